The van der Waals surface area contributed by atoms with Crippen LogP contribution in [0.2, 0.25) is 0 Å². The van der Waals surface area contributed by atoms with Crippen molar-refractivity contribution in [2.24, 2.45) is 0 Å². The number of carbonyl (C=O) groups is 1. The highest BCUT2D eigenvalue weighted by atomic mass is 79.9. The van der Waals surface area contributed by atoms with E-state index < -0.39 is 5.97 Å². The average Bonchev–Trinajstić information content (AvgIpc) is 2.86. The summed E-state index contributed by atoms with van der Waals surface area (Å²) in [6, 6.07) is 7.62. The van der Waals surface area contributed by atoms with Crippen LogP contribution in [0.25, 0.3) is 11.8 Å². The van der Waals surface area contributed by atoms with Crippen molar-refractivity contribution >= 4 is 28.0 Å². The van der Waals surface area contributed by atoms with E-state index in [1.54, 1.807) is 6.08 Å². The summed E-state index contributed by atoms with van der Waals surface area (Å²) in [5.74, 6) is -0.577. The summed E-state index contributed by atoms with van der Waals surface area (Å²) in [6.07, 6.45) is 4.59. The molecule has 2 aromatic rings. The summed E-state index contributed by atoms with van der Waals surface area (Å²) in [5, 5.41) is 13.1. The lowest BCUT2D eigenvalue weighted by Crippen LogP contribution is -1.98. The molecule has 0 radical (unpaired) electrons. The molecule has 5 heteroatoms. The van der Waals surface area contributed by atoms with Crippen LogP contribution in [-0.4, -0.2) is 20.9 Å². The second-order valence-electron chi connectivity index (χ2n) is 4.72. The van der Waals surface area contributed by atoms with Crippen LogP contribution in [0.15, 0.2) is 41.0 Å². The molecule has 1 heterocycles. The first kappa shape index (κ1) is 14.5. The molecule has 0 fully saturated rings. The Morgan fingerprint density at radius 2 is 2.15 bits per heavy atom. The Labute approximate surface area is 125 Å². The third-order valence-electron chi connectivity index (χ3n) is 2.84. The third-order valence-corrected chi connectivity index (χ3v) is 3.47. The molecule has 104 valence electrons. The summed E-state index contributed by atoms with van der Waals surface area (Å²) < 4.78 is 2.67. The zero-order valence-electron chi connectivity index (χ0n) is 11.2. The van der Waals surface area contributed by atoms with Gasteiger partial charge in [0.1, 0.15) is 0 Å². The van der Waals surface area contributed by atoms with E-state index in [9.17, 15) is 4.79 Å². The molecule has 0 bridgehead atoms. The second kappa shape index (κ2) is 6.05. The van der Waals surface area contributed by atoms with Crippen LogP contribution < -0.4 is 0 Å². The minimum atomic E-state index is -0.959. The quantitative estimate of drug-likeness (QED) is 0.864. The van der Waals surface area contributed by atoms with E-state index >= 15 is 0 Å². The van der Waals surface area contributed by atoms with E-state index in [4.69, 9.17) is 5.11 Å². The number of rotatable bonds is 4. The Hall–Kier alpha value is -1.88. The van der Waals surface area contributed by atoms with Crippen molar-refractivity contribution in [1.82, 2.24) is 9.78 Å². The molecule has 0 unspecified atom stereocenters. The minimum absolute atomic E-state index is 0.382. The zero-order valence-corrected chi connectivity index (χ0v) is 12.8. The molecule has 0 aliphatic carbocycles. The predicted octanol–water partition coefficient (Wildman–Crippen LogP) is 3.86. The number of hydrogen-bond acceptors (Lipinski definition) is 2. The van der Waals surface area contributed by atoms with Gasteiger partial charge in [0.25, 0.3) is 0 Å². The molecule has 2 rings (SSSR count). The van der Waals surface area contributed by atoms with Gasteiger partial charge in [-0.3, -0.25) is 0 Å². The molecule has 4 nitrogen and oxygen atoms in total. The SMILES string of the molecule is CC(C)c1ccn(-c2ccc(/C=C/C(=O)O)cc2Br)n1. The fraction of sp³-hybridized carbons (Fsp3) is 0.200. The Bertz CT molecular complexity index is 660. The standard InChI is InChI=1S/C15H15BrN2O2/c1-10(2)13-7-8-18(17-13)14-5-3-11(9-12(14)16)4-6-15(19)20/h3-10H,1-2H3,(H,19,20)/b6-4+. The van der Waals surface area contributed by atoms with Gasteiger partial charge in [-0.25, -0.2) is 9.48 Å². The zero-order chi connectivity index (χ0) is 14.7. The molecule has 20 heavy (non-hydrogen) atoms. The largest absolute Gasteiger partial charge is 0.478 e. The van der Waals surface area contributed by atoms with Gasteiger partial charge in [-0.1, -0.05) is 19.9 Å². The first-order chi connectivity index (χ1) is 9.47. The smallest absolute Gasteiger partial charge is 0.328 e. The Balaban J connectivity index is 2.31. The van der Waals surface area contributed by atoms with Gasteiger partial charge in [0, 0.05) is 16.7 Å². The number of carboxylic acid groups (broad SMARTS) is 1. The predicted molar refractivity (Wildman–Crippen MR) is 82.0 cm³/mol. The fourth-order valence-electron chi connectivity index (χ4n) is 1.76. The molecular formula is C15H15BrN2O2. The molecule has 0 aliphatic rings. The van der Waals surface area contributed by atoms with Crippen molar-refractivity contribution in [2.45, 2.75) is 19.8 Å². The normalized spacial score (nSPS) is 11.4. The molecule has 1 N–H and O–H groups in total. The van der Waals surface area contributed by atoms with Crippen LogP contribution in [0.5, 0.6) is 0 Å². The van der Waals surface area contributed by atoms with E-state index in [2.05, 4.69) is 34.9 Å². The van der Waals surface area contributed by atoms with Crippen LogP contribution in [0, 0.1) is 0 Å². The monoisotopic (exact) mass is 334 g/mol. The molecular weight excluding hydrogens is 320 g/mol. The summed E-state index contributed by atoms with van der Waals surface area (Å²) in [5.41, 5.74) is 2.77. The van der Waals surface area contributed by atoms with E-state index in [1.807, 2.05) is 35.1 Å². The van der Waals surface area contributed by atoms with E-state index in [0.717, 1.165) is 27.5 Å². The summed E-state index contributed by atoms with van der Waals surface area (Å²) in [6.45, 7) is 4.20. The summed E-state index contributed by atoms with van der Waals surface area (Å²) in [7, 11) is 0. The number of carboxylic acids is 1. The van der Waals surface area contributed by atoms with Crippen LogP contribution in [-0.2, 0) is 4.79 Å². The highest BCUT2D eigenvalue weighted by Gasteiger charge is 2.07. The fourth-order valence-corrected chi connectivity index (χ4v) is 2.34. The van der Waals surface area contributed by atoms with Crippen LogP contribution in [0.3, 0.4) is 0 Å². The van der Waals surface area contributed by atoms with Crippen LogP contribution in [0.4, 0.5) is 0 Å². The number of hydrogen-bond donors (Lipinski definition) is 1. The van der Waals surface area contributed by atoms with Gasteiger partial charge in [0.15, 0.2) is 0 Å². The molecule has 0 aliphatic heterocycles. The lowest BCUT2D eigenvalue weighted by molar-refractivity contribution is -0.131. The number of benzene rings is 1. The lowest BCUT2D eigenvalue weighted by atomic mass is 10.1. The molecule has 0 amide bonds. The van der Waals surface area contributed by atoms with Crippen molar-refractivity contribution in [3.8, 4) is 5.69 Å². The molecule has 0 atom stereocenters. The van der Waals surface area contributed by atoms with Gasteiger partial charge < -0.3 is 5.11 Å². The van der Waals surface area contributed by atoms with Crippen molar-refractivity contribution in [3.63, 3.8) is 0 Å². The highest BCUT2D eigenvalue weighted by molar-refractivity contribution is 9.10. The first-order valence-electron chi connectivity index (χ1n) is 6.24. The molecule has 0 saturated heterocycles. The maximum atomic E-state index is 10.5. The first-order valence-corrected chi connectivity index (χ1v) is 7.03. The van der Waals surface area contributed by atoms with Crippen molar-refractivity contribution in [2.75, 3.05) is 0 Å². The second-order valence-corrected chi connectivity index (χ2v) is 5.58. The highest BCUT2D eigenvalue weighted by Crippen LogP contribution is 2.24. The Kier molecular flexibility index (Phi) is 4.39. The van der Waals surface area contributed by atoms with Crippen molar-refractivity contribution in [3.05, 3.63) is 52.3 Å². The van der Waals surface area contributed by atoms with Gasteiger partial charge in [0.2, 0.25) is 0 Å². The molecule has 1 aromatic carbocycles. The topological polar surface area (TPSA) is 55.1 Å². The van der Waals surface area contributed by atoms with Crippen molar-refractivity contribution < 1.29 is 9.90 Å². The summed E-state index contributed by atoms with van der Waals surface area (Å²) >= 11 is 3.50. The van der Waals surface area contributed by atoms with Crippen LogP contribution in [0.1, 0.15) is 31.0 Å². The minimum Gasteiger partial charge on any atom is -0.478 e. The Morgan fingerprint density at radius 1 is 1.40 bits per heavy atom. The maximum absolute atomic E-state index is 10.5. The lowest BCUT2D eigenvalue weighted by Gasteiger charge is -2.06. The van der Waals surface area contributed by atoms with Gasteiger partial charge >= 0.3 is 5.97 Å². The average molecular weight is 335 g/mol. The number of aliphatic carboxylic acids is 1. The van der Waals surface area contributed by atoms with E-state index in [1.165, 1.54) is 0 Å². The Morgan fingerprint density at radius 3 is 2.70 bits per heavy atom. The molecule has 0 saturated carbocycles. The number of nitrogens with zero attached hydrogens (tertiary/aromatic N) is 2. The van der Waals surface area contributed by atoms with Gasteiger partial charge in [0.05, 0.1) is 11.4 Å². The van der Waals surface area contributed by atoms with Gasteiger partial charge in [-0.05, 0) is 51.7 Å². The number of aromatic nitrogens is 2. The van der Waals surface area contributed by atoms with E-state index in [-0.39, 0.29) is 0 Å². The van der Waals surface area contributed by atoms with E-state index in [0.29, 0.717) is 5.92 Å². The summed E-state index contributed by atoms with van der Waals surface area (Å²) in [4.78, 5) is 10.5. The molecule has 1 aromatic heterocycles. The van der Waals surface area contributed by atoms with Gasteiger partial charge in [-0.2, -0.15) is 5.10 Å². The van der Waals surface area contributed by atoms with Crippen LogP contribution >= 0.6 is 15.9 Å². The third kappa shape index (κ3) is 3.36. The van der Waals surface area contributed by atoms with Crippen molar-refractivity contribution in [1.29, 1.82) is 0 Å². The van der Waals surface area contributed by atoms with Gasteiger partial charge in [-0.15, -0.1) is 0 Å². The number of halogens is 1. The maximum Gasteiger partial charge on any atom is 0.328 e. The molecule has 0 spiro atoms.